The normalized spacial score (nSPS) is 19.8. The summed E-state index contributed by atoms with van der Waals surface area (Å²) in [6.45, 7) is 4.28. The molecular formula is C21H33N3O3. The molecule has 1 heterocycles. The van der Waals surface area contributed by atoms with Gasteiger partial charge in [-0.2, -0.15) is 0 Å². The van der Waals surface area contributed by atoms with Crippen molar-refractivity contribution in [3.05, 3.63) is 29.8 Å². The van der Waals surface area contributed by atoms with Gasteiger partial charge in [0.1, 0.15) is 5.75 Å². The molecule has 1 aromatic carbocycles. The van der Waals surface area contributed by atoms with Crippen LogP contribution in [0.15, 0.2) is 24.3 Å². The van der Waals surface area contributed by atoms with E-state index in [-0.39, 0.29) is 23.8 Å². The quantitative estimate of drug-likeness (QED) is 0.617. The zero-order chi connectivity index (χ0) is 19.6. The molecule has 1 fully saturated rings. The summed E-state index contributed by atoms with van der Waals surface area (Å²) in [5.41, 5.74) is 0.916. The average Bonchev–Trinajstić information content (AvgIpc) is 2.69. The van der Waals surface area contributed by atoms with Crippen LogP contribution in [0.25, 0.3) is 0 Å². The molecule has 1 saturated heterocycles. The van der Waals surface area contributed by atoms with E-state index in [4.69, 9.17) is 4.74 Å². The summed E-state index contributed by atoms with van der Waals surface area (Å²) >= 11 is 0. The summed E-state index contributed by atoms with van der Waals surface area (Å²) in [5.74, 6) is 0.617. The smallest absolute Gasteiger partial charge is 0.225 e. The van der Waals surface area contributed by atoms with Crippen molar-refractivity contribution in [3.8, 4) is 5.75 Å². The van der Waals surface area contributed by atoms with E-state index in [1.165, 1.54) is 0 Å². The van der Waals surface area contributed by atoms with Crippen molar-refractivity contribution in [2.24, 2.45) is 5.92 Å². The molecule has 0 aliphatic carbocycles. The molecule has 1 aliphatic heterocycles. The van der Waals surface area contributed by atoms with Crippen LogP contribution in [0.4, 0.5) is 0 Å². The van der Waals surface area contributed by atoms with Gasteiger partial charge in [0.15, 0.2) is 0 Å². The Balaban J connectivity index is 2.29. The SMILES string of the molecule is CCCCN1C(=O)CCC(C(=O)NCCCNC)C1c1ccccc1OC. The molecule has 0 saturated carbocycles. The Kier molecular flexibility index (Phi) is 8.58. The van der Waals surface area contributed by atoms with E-state index in [1.807, 2.05) is 36.2 Å². The lowest BCUT2D eigenvalue weighted by Crippen LogP contribution is -2.48. The number of nitrogens with zero attached hydrogens (tertiary/aromatic N) is 1. The number of carbonyl (C=O) groups excluding carboxylic acids is 2. The molecule has 2 rings (SSSR count). The third-order valence-electron chi connectivity index (χ3n) is 5.16. The van der Waals surface area contributed by atoms with E-state index in [9.17, 15) is 9.59 Å². The second kappa shape index (κ2) is 10.9. The molecule has 6 nitrogen and oxygen atoms in total. The van der Waals surface area contributed by atoms with E-state index < -0.39 is 0 Å². The highest BCUT2D eigenvalue weighted by Crippen LogP contribution is 2.40. The highest BCUT2D eigenvalue weighted by molar-refractivity contribution is 5.85. The number of hydrogen-bond acceptors (Lipinski definition) is 4. The Morgan fingerprint density at radius 1 is 1.26 bits per heavy atom. The fourth-order valence-corrected chi connectivity index (χ4v) is 3.72. The van der Waals surface area contributed by atoms with Crippen LogP contribution in [-0.4, -0.2) is 50.5 Å². The molecular weight excluding hydrogens is 342 g/mol. The van der Waals surface area contributed by atoms with Gasteiger partial charge in [-0.1, -0.05) is 31.5 Å². The van der Waals surface area contributed by atoms with Gasteiger partial charge in [0.25, 0.3) is 0 Å². The van der Waals surface area contributed by atoms with Crippen LogP contribution in [0.1, 0.15) is 50.6 Å². The number of benzene rings is 1. The van der Waals surface area contributed by atoms with Crippen LogP contribution in [-0.2, 0) is 9.59 Å². The van der Waals surface area contributed by atoms with Crippen molar-refractivity contribution in [1.29, 1.82) is 0 Å². The zero-order valence-electron chi connectivity index (χ0n) is 16.8. The molecule has 27 heavy (non-hydrogen) atoms. The van der Waals surface area contributed by atoms with Gasteiger partial charge in [0.05, 0.1) is 19.1 Å². The summed E-state index contributed by atoms with van der Waals surface area (Å²) in [5, 5.41) is 6.14. The maximum absolute atomic E-state index is 13.0. The lowest BCUT2D eigenvalue weighted by atomic mass is 9.83. The van der Waals surface area contributed by atoms with E-state index in [2.05, 4.69) is 17.6 Å². The van der Waals surface area contributed by atoms with Crippen molar-refractivity contribution in [1.82, 2.24) is 15.5 Å². The van der Waals surface area contributed by atoms with E-state index in [1.54, 1.807) is 7.11 Å². The molecule has 0 radical (unpaired) electrons. The highest BCUT2D eigenvalue weighted by Gasteiger charge is 2.41. The van der Waals surface area contributed by atoms with Gasteiger partial charge in [-0.15, -0.1) is 0 Å². The van der Waals surface area contributed by atoms with Crippen LogP contribution in [0.3, 0.4) is 0 Å². The third-order valence-corrected chi connectivity index (χ3v) is 5.16. The van der Waals surface area contributed by atoms with Crippen molar-refractivity contribution in [2.45, 2.75) is 45.1 Å². The summed E-state index contributed by atoms with van der Waals surface area (Å²) in [7, 11) is 3.53. The molecule has 1 aliphatic rings. The molecule has 0 spiro atoms. The van der Waals surface area contributed by atoms with Gasteiger partial charge < -0.3 is 20.3 Å². The lowest BCUT2D eigenvalue weighted by Gasteiger charge is -2.41. The summed E-state index contributed by atoms with van der Waals surface area (Å²) in [6, 6.07) is 7.45. The maximum atomic E-state index is 13.0. The van der Waals surface area contributed by atoms with Crippen molar-refractivity contribution in [3.63, 3.8) is 0 Å². The monoisotopic (exact) mass is 375 g/mol. The first kappa shape index (κ1) is 21.2. The fraction of sp³-hybridized carbons (Fsp3) is 0.619. The number of piperidine rings is 1. The van der Waals surface area contributed by atoms with Crippen LogP contribution in [0, 0.1) is 5.92 Å². The molecule has 2 amide bonds. The van der Waals surface area contributed by atoms with Crippen LogP contribution in [0.2, 0.25) is 0 Å². The number of hydrogen-bond donors (Lipinski definition) is 2. The first-order chi connectivity index (χ1) is 13.1. The van der Waals surface area contributed by atoms with Crippen LogP contribution >= 0.6 is 0 Å². The predicted octanol–water partition coefficient (Wildman–Crippen LogP) is 2.50. The van der Waals surface area contributed by atoms with Crippen molar-refractivity contribution in [2.75, 3.05) is 33.8 Å². The minimum absolute atomic E-state index is 0.0241. The molecule has 1 aromatic rings. The number of rotatable bonds is 10. The van der Waals surface area contributed by atoms with E-state index in [0.717, 1.165) is 37.1 Å². The Morgan fingerprint density at radius 3 is 2.74 bits per heavy atom. The second-order valence-corrected chi connectivity index (χ2v) is 7.02. The zero-order valence-corrected chi connectivity index (χ0v) is 16.8. The Morgan fingerprint density at radius 2 is 2.04 bits per heavy atom. The number of unbranched alkanes of at least 4 members (excludes halogenated alkanes) is 1. The summed E-state index contributed by atoms with van der Waals surface area (Å²) in [6.07, 6.45) is 3.80. The largest absolute Gasteiger partial charge is 0.496 e. The molecule has 0 aromatic heterocycles. The van der Waals surface area contributed by atoms with Crippen LogP contribution < -0.4 is 15.4 Å². The Hall–Kier alpha value is -2.08. The van der Waals surface area contributed by atoms with Gasteiger partial charge in [0.2, 0.25) is 11.8 Å². The number of carbonyl (C=O) groups is 2. The third kappa shape index (κ3) is 5.45. The van der Waals surface area contributed by atoms with Crippen molar-refractivity contribution < 1.29 is 14.3 Å². The highest BCUT2D eigenvalue weighted by atomic mass is 16.5. The van der Waals surface area contributed by atoms with Gasteiger partial charge in [-0.3, -0.25) is 9.59 Å². The first-order valence-electron chi connectivity index (χ1n) is 9.98. The predicted molar refractivity (Wildman–Crippen MR) is 107 cm³/mol. The van der Waals surface area contributed by atoms with Gasteiger partial charge in [0, 0.05) is 25.1 Å². The first-order valence-corrected chi connectivity index (χ1v) is 9.98. The molecule has 2 atom stereocenters. The molecule has 150 valence electrons. The number of amides is 2. The molecule has 2 N–H and O–H groups in total. The topological polar surface area (TPSA) is 70.7 Å². The number of ether oxygens (including phenoxy) is 1. The average molecular weight is 376 g/mol. The van der Waals surface area contributed by atoms with Gasteiger partial charge in [-0.05, 0) is 38.9 Å². The Bertz CT molecular complexity index is 620. The van der Waals surface area contributed by atoms with E-state index in [0.29, 0.717) is 25.9 Å². The number of likely N-dealkylation sites (tertiary alicyclic amines) is 1. The molecule has 6 heteroatoms. The number of nitrogens with one attached hydrogen (secondary N) is 2. The molecule has 2 unspecified atom stereocenters. The number of methoxy groups -OCH3 is 1. The minimum atomic E-state index is -0.279. The van der Waals surface area contributed by atoms with Gasteiger partial charge in [-0.25, -0.2) is 0 Å². The van der Waals surface area contributed by atoms with Crippen molar-refractivity contribution >= 4 is 11.8 Å². The fourth-order valence-electron chi connectivity index (χ4n) is 3.72. The minimum Gasteiger partial charge on any atom is -0.496 e. The number of para-hydroxylation sites is 1. The molecule has 0 bridgehead atoms. The maximum Gasteiger partial charge on any atom is 0.225 e. The standard InChI is InChI=1S/C21H33N3O3/c1-4-5-15-24-19(25)12-11-17(21(26)23-14-8-13-22-2)20(24)16-9-6-7-10-18(16)27-3/h6-7,9-10,17,20,22H,4-5,8,11-15H2,1-3H3,(H,23,26). The summed E-state index contributed by atoms with van der Waals surface area (Å²) < 4.78 is 5.55. The van der Waals surface area contributed by atoms with E-state index >= 15 is 0 Å². The lowest BCUT2D eigenvalue weighted by molar-refractivity contribution is -0.143. The van der Waals surface area contributed by atoms with Crippen LogP contribution in [0.5, 0.6) is 5.75 Å². The Labute approximate surface area is 162 Å². The second-order valence-electron chi connectivity index (χ2n) is 7.02. The summed E-state index contributed by atoms with van der Waals surface area (Å²) in [4.78, 5) is 27.5. The van der Waals surface area contributed by atoms with Gasteiger partial charge >= 0.3 is 0 Å².